The van der Waals surface area contributed by atoms with Crippen molar-refractivity contribution in [1.29, 1.82) is 0 Å². The number of methoxy groups -OCH3 is 1. The van der Waals surface area contributed by atoms with Crippen molar-refractivity contribution in [3.05, 3.63) is 76.9 Å². The van der Waals surface area contributed by atoms with Crippen molar-refractivity contribution in [3.63, 3.8) is 0 Å². The van der Waals surface area contributed by atoms with E-state index in [1.165, 1.54) is 44.5 Å². The van der Waals surface area contributed by atoms with Crippen molar-refractivity contribution in [2.45, 2.75) is 58.8 Å². The summed E-state index contributed by atoms with van der Waals surface area (Å²) in [5.41, 5.74) is 11.3. The lowest BCUT2D eigenvalue weighted by molar-refractivity contribution is 0.415. The summed E-state index contributed by atoms with van der Waals surface area (Å²) in [5, 5.41) is 0. The van der Waals surface area contributed by atoms with E-state index >= 15 is 0 Å². The van der Waals surface area contributed by atoms with Crippen LogP contribution in [-0.4, -0.2) is 7.11 Å². The highest BCUT2D eigenvalue weighted by Gasteiger charge is 2.27. The number of hydrogen-bond acceptors (Lipinski definition) is 1. The quantitative estimate of drug-likeness (QED) is 0.347. The van der Waals surface area contributed by atoms with E-state index in [0.717, 1.165) is 12.2 Å². The predicted octanol–water partition coefficient (Wildman–Crippen LogP) is 7.53. The molecule has 29 heavy (non-hydrogen) atoms. The van der Waals surface area contributed by atoms with Crippen molar-refractivity contribution >= 4 is 0 Å². The van der Waals surface area contributed by atoms with Crippen LogP contribution in [0, 0.1) is 0 Å². The normalized spacial score (nSPS) is 13.2. The second-order valence-corrected chi connectivity index (χ2v) is 10.3. The molecule has 0 aliphatic heterocycles. The van der Waals surface area contributed by atoms with Gasteiger partial charge in [-0.25, -0.2) is 0 Å². The average Bonchev–Trinajstić information content (AvgIpc) is 3.02. The maximum absolute atomic E-state index is 5.36. The first-order chi connectivity index (χ1) is 13.6. The van der Waals surface area contributed by atoms with Crippen molar-refractivity contribution in [2.24, 2.45) is 0 Å². The van der Waals surface area contributed by atoms with Crippen molar-refractivity contribution in [2.75, 3.05) is 7.11 Å². The fraction of sp³-hybridized carbons (Fsp3) is 0.357. The summed E-state index contributed by atoms with van der Waals surface area (Å²) in [6.45, 7) is 13.8. The van der Waals surface area contributed by atoms with Crippen LogP contribution < -0.4 is 4.74 Å². The molecule has 0 amide bonds. The molecule has 0 N–H and O–H groups in total. The lowest BCUT2D eigenvalue weighted by Gasteiger charge is -2.25. The monoisotopic (exact) mass is 384 g/mol. The van der Waals surface area contributed by atoms with Crippen LogP contribution in [0.3, 0.4) is 0 Å². The van der Waals surface area contributed by atoms with Gasteiger partial charge in [-0.15, -0.1) is 0 Å². The number of rotatable bonds is 2. The SMILES string of the molecule is COc1ccc(-c2cc3c(cc2C(C)(C)C)-c2cc(C(C)(C)C)ccc2C3)cc1. The van der Waals surface area contributed by atoms with E-state index in [-0.39, 0.29) is 10.8 Å². The molecule has 0 radical (unpaired) electrons. The maximum atomic E-state index is 5.36. The highest BCUT2D eigenvalue weighted by molar-refractivity contribution is 5.83. The molecule has 0 spiro atoms. The third-order valence-electron chi connectivity index (χ3n) is 6.10. The summed E-state index contributed by atoms with van der Waals surface area (Å²) in [7, 11) is 1.72. The van der Waals surface area contributed by atoms with Crippen LogP contribution in [-0.2, 0) is 17.3 Å². The van der Waals surface area contributed by atoms with E-state index in [0.29, 0.717) is 0 Å². The first-order valence-electron chi connectivity index (χ1n) is 10.5. The molecule has 0 saturated heterocycles. The highest BCUT2D eigenvalue weighted by atomic mass is 16.5. The van der Waals surface area contributed by atoms with Crippen LogP contribution in [0.1, 0.15) is 63.8 Å². The minimum atomic E-state index is 0.0642. The molecule has 1 aliphatic rings. The Labute approximate surface area is 175 Å². The second-order valence-electron chi connectivity index (χ2n) is 10.3. The molecule has 0 fully saturated rings. The van der Waals surface area contributed by atoms with E-state index in [4.69, 9.17) is 4.74 Å². The van der Waals surface area contributed by atoms with Crippen LogP contribution >= 0.6 is 0 Å². The fourth-order valence-electron chi connectivity index (χ4n) is 4.32. The lowest BCUT2D eigenvalue weighted by Crippen LogP contribution is -2.13. The first kappa shape index (κ1) is 19.8. The third kappa shape index (κ3) is 3.59. The van der Waals surface area contributed by atoms with Gasteiger partial charge in [-0.3, -0.25) is 0 Å². The Morgan fingerprint density at radius 2 is 1.31 bits per heavy atom. The molecular weight excluding hydrogens is 352 g/mol. The van der Waals surface area contributed by atoms with Gasteiger partial charge in [0.1, 0.15) is 5.75 Å². The Hall–Kier alpha value is -2.54. The standard InChI is InChI=1S/C28H32O/c1-27(2,3)21-11-8-19-14-20-15-25(18-9-12-22(29-7)13-10-18)26(28(4,5)6)17-24(20)23(19)16-21/h8-13,15-17H,14H2,1-7H3. The summed E-state index contributed by atoms with van der Waals surface area (Å²) in [6, 6.07) is 20.4. The van der Waals surface area contributed by atoms with E-state index in [1.807, 2.05) is 0 Å². The van der Waals surface area contributed by atoms with Gasteiger partial charge in [-0.05, 0) is 86.0 Å². The van der Waals surface area contributed by atoms with Crippen molar-refractivity contribution in [3.8, 4) is 28.0 Å². The largest absolute Gasteiger partial charge is 0.497 e. The van der Waals surface area contributed by atoms with E-state index in [9.17, 15) is 0 Å². The van der Waals surface area contributed by atoms with Gasteiger partial charge in [0.05, 0.1) is 7.11 Å². The molecule has 4 rings (SSSR count). The molecule has 150 valence electrons. The Morgan fingerprint density at radius 1 is 0.655 bits per heavy atom. The van der Waals surface area contributed by atoms with Gasteiger partial charge in [0.25, 0.3) is 0 Å². The van der Waals surface area contributed by atoms with Gasteiger partial charge >= 0.3 is 0 Å². The van der Waals surface area contributed by atoms with Crippen molar-refractivity contribution in [1.82, 2.24) is 0 Å². The fourth-order valence-corrected chi connectivity index (χ4v) is 4.32. The summed E-state index contributed by atoms with van der Waals surface area (Å²) in [6.07, 6.45) is 1.02. The maximum Gasteiger partial charge on any atom is 0.118 e. The van der Waals surface area contributed by atoms with Gasteiger partial charge in [0, 0.05) is 0 Å². The molecule has 1 heteroatoms. The minimum absolute atomic E-state index is 0.0642. The molecule has 0 bridgehead atoms. The predicted molar refractivity (Wildman–Crippen MR) is 124 cm³/mol. The Kier molecular flexibility index (Phi) is 4.61. The van der Waals surface area contributed by atoms with E-state index in [2.05, 4.69) is 96.1 Å². The molecule has 3 aromatic rings. The zero-order chi connectivity index (χ0) is 21.0. The summed E-state index contributed by atoms with van der Waals surface area (Å²) in [5.74, 6) is 0.898. The Morgan fingerprint density at radius 3 is 1.90 bits per heavy atom. The lowest BCUT2D eigenvalue weighted by atomic mass is 9.79. The number of fused-ring (bicyclic) bond motifs is 3. The molecule has 0 heterocycles. The molecule has 0 saturated carbocycles. The molecule has 0 aromatic heterocycles. The summed E-state index contributed by atoms with van der Waals surface area (Å²) in [4.78, 5) is 0. The summed E-state index contributed by atoms with van der Waals surface area (Å²) < 4.78 is 5.36. The smallest absolute Gasteiger partial charge is 0.118 e. The number of benzene rings is 3. The summed E-state index contributed by atoms with van der Waals surface area (Å²) >= 11 is 0. The highest BCUT2D eigenvalue weighted by Crippen LogP contribution is 2.44. The molecule has 0 unspecified atom stereocenters. The van der Waals surface area contributed by atoms with Crippen LogP contribution in [0.5, 0.6) is 5.75 Å². The van der Waals surface area contributed by atoms with Crippen LogP contribution in [0.4, 0.5) is 0 Å². The van der Waals surface area contributed by atoms with Crippen LogP contribution in [0.25, 0.3) is 22.3 Å². The average molecular weight is 385 g/mol. The minimum Gasteiger partial charge on any atom is -0.497 e. The molecular formula is C28H32O. The topological polar surface area (TPSA) is 9.23 Å². The van der Waals surface area contributed by atoms with E-state index < -0.39 is 0 Å². The third-order valence-corrected chi connectivity index (χ3v) is 6.10. The molecule has 1 aliphatic carbocycles. The second kappa shape index (κ2) is 6.76. The Balaban J connectivity index is 1.90. The van der Waals surface area contributed by atoms with Gasteiger partial charge in [0.2, 0.25) is 0 Å². The zero-order valence-electron chi connectivity index (χ0n) is 18.8. The number of hydrogen-bond donors (Lipinski definition) is 0. The zero-order valence-corrected chi connectivity index (χ0v) is 18.8. The number of ether oxygens (including phenoxy) is 1. The molecule has 3 aromatic carbocycles. The van der Waals surface area contributed by atoms with Gasteiger partial charge in [-0.2, -0.15) is 0 Å². The Bertz CT molecular complexity index is 1060. The van der Waals surface area contributed by atoms with Gasteiger partial charge in [0.15, 0.2) is 0 Å². The first-order valence-corrected chi connectivity index (χ1v) is 10.5. The van der Waals surface area contributed by atoms with E-state index in [1.54, 1.807) is 7.11 Å². The van der Waals surface area contributed by atoms with Gasteiger partial charge in [-0.1, -0.05) is 71.9 Å². The van der Waals surface area contributed by atoms with Crippen molar-refractivity contribution < 1.29 is 4.74 Å². The van der Waals surface area contributed by atoms with Gasteiger partial charge < -0.3 is 4.74 Å². The molecule has 0 atom stereocenters. The molecule has 1 nitrogen and oxygen atoms in total. The van der Waals surface area contributed by atoms with Crippen LogP contribution in [0.2, 0.25) is 0 Å². The van der Waals surface area contributed by atoms with Crippen LogP contribution in [0.15, 0.2) is 54.6 Å².